The third-order valence-corrected chi connectivity index (χ3v) is 6.98. The van der Waals surface area contributed by atoms with Crippen LogP contribution in [-0.2, 0) is 23.6 Å². The summed E-state index contributed by atoms with van der Waals surface area (Å²) in [5, 5.41) is 6.91. The molecule has 30 heavy (non-hydrogen) atoms. The van der Waals surface area contributed by atoms with Crippen molar-refractivity contribution < 1.29 is 13.2 Å². The largest absolute Gasteiger partial charge is 0.345 e. The van der Waals surface area contributed by atoms with Gasteiger partial charge in [0.2, 0.25) is 16.0 Å². The van der Waals surface area contributed by atoms with E-state index in [1.807, 2.05) is 30.3 Å². The number of carbonyl (C=O) groups excluding carboxylic acids is 1. The molecule has 3 aromatic rings. The summed E-state index contributed by atoms with van der Waals surface area (Å²) in [5.74, 6) is -0.298. The number of aryl methyl sites for hydroxylation is 1. The maximum Gasteiger partial charge on any atom is 0.274 e. The number of piperidine rings is 1. The highest BCUT2D eigenvalue weighted by atomic mass is 32.2. The summed E-state index contributed by atoms with van der Waals surface area (Å²) in [6.45, 7) is 1.56. The Morgan fingerprint density at radius 3 is 2.60 bits per heavy atom. The normalized spacial score (nSPS) is 15.2. The molecule has 1 aliphatic heterocycles. The molecule has 9 nitrogen and oxygen atoms in total. The van der Waals surface area contributed by atoms with Crippen molar-refractivity contribution in [1.29, 1.82) is 0 Å². The first kappa shape index (κ1) is 20.3. The molecule has 1 amide bonds. The van der Waals surface area contributed by atoms with Crippen LogP contribution in [0.15, 0.2) is 53.8 Å². The summed E-state index contributed by atoms with van der Waals surface area (Å²) in [4.78, 5) is 16.9. The number of anilines is 1. The van der Waals surface area contributed by atoms with E-state index < -0.39 is 15.9 Å². The van der Waals surface area contributed by atoms with E-state index in [0.29, 0.717) is 19.6 Å². The molecule has 1 aliphatic rings. The van der Waals surface area contributed by atoms with Gasteiger partial charge < -0.3 is 4.57 Å². The van der Waals surface area contributed by atoms with Crippen LogP contribution in [0.25, 0.3) is 0 Å². The standard InChI is InChI=1S/C20H24N6O3S/c1-24-14-17(30(28,29)26-10-6-3-7-11-26)12-18(24)19(27)22-20-21-15-25(23-20)13-16-8-4-2-5-9-16/h2,4-5,8-9,12,14-15H,3,6-7,10-11,13H2,1H3,(H,22,23,27). The van der Waals surface area contributed by atoms with Crippen LogP contribution in [0, 0.1) is 0 Å². The quantitative estimate of drug-likeness (QED) is 0.648. The van der Waals surface area contributed by atoms with Gasteiger partial charge in [-0.3, -0.25) is 10.1 Å². The summed E-state index contributed by atoms with van der Waals surface area (Å²) >= 11 is 0. The van der Waals surface area contributed by atoms with Gasteiger partial charge in [-0.25, -0.2) is 18.1 Å². The monoisotopic (exact) mass is 428 g/mol. The van der Waals surface area contributed by atoms with E-state index in [2.05, 4.69) is 15.4 Å². The highest BCUT2D eigenvalue weighted by Crippen LogP contribution is 2.22. The highest BCUT2D eigenvalue weighted by molar-refractivity contribution is 7.89. The van der Waals surface area contributed by atoms with Crippen molar-refractivity contribution in [3.63, 3.8) is 0 Å². The molecule has 158 valence electrons. The van der Waals surface area contributed by atoms with Crippen LogP contribution in [0.5, 0.6) is 0 Å². The molecule has 1 N–H and O–H groups in total. The number of aromatic nitrogens is 4. The molecule has 1 fully saturated rings. The number of benzene rings is 1. The number of hydrogen-bond donors (Lipinski definition) is 1. The molecule has 0 saturated carbocycles. The number of hydrogen-bond acceptors (Lipinski definition) is 5. The van der Waals surface area contributed by atoms with Crippen LogP contribution in [-0.4, -0.2) is 51.1 Å². The topological polar surface area (TPSA) is 102 Å². The number of carbonyl (C=O) groups is 1. The van der Waals surface area contributed by atoms with Gasteiger partial charge in [-0.1, -0.05) is 36.8 Å². The first-order valence-electron chi connectivity index (χ1n) is 9.85. The third kappa shape index (κ3) is 4.29. The van der Waals surface area contributed by atoms with Gasteiger partial charge in [-0.2, -0.15) is 4.31 Å². The van der Waals surface area contributed by atoms with Crippen LogP contribution < -0.4 is 5.32 Å². The van der Waals surface area contributed by atoms with E-state index in [9.17, 15) is 13.2 Å². The fourth-order valence-electron chi connectivity index (χ4n) is 3.52. The molecule has 3 heterocycles. The Hall–Kier alpha value is -2.98. The first-order valence-corrected chi connectivity index (χ1v) is 11.3. The molecular formula is C20H24N6O3S. The SMILES string of the molecule is Cn1cc(S(=O)(=O)N2CCCCC2)cc1C(=O)Nc1ncn(Cc2ccccc2)n1. The smallest absolute Gasteiger partial charge is 0.274 e. The molecule has 0 unspecified atom stereocenters. The Morgan fingerprint density at radius 2 is 1.87 bits per heavy atom. The van der Waals surface area contributed by atoms with Gasteiger partial charge in [-0.15, -0.1) is 5.10 Å². The predicted molar refractivity (Wildman–Crippen MR) is 112 cm³/mol. The van der Waals surface area contributed by atoms with Crippen LogP contribution in [0.1, 0.15) is 35.3 Å². The number of amides is 1. The average molecular weight is 429 g/mol. The van der Waals surface area contributed by atoms with E-state index in [-0.39, 0.29) is 16.5 Å². The molecule has 0 aliphatic carbocycles. The van der Waals surface area contributed by atoms with Crippen LogP contribution in [0.3, 0.4) is 0 Å². The van der Waals surface area contributed by atoms with Gasteiger partial charge in [-0.05, 0) is 24.5 Å². The van der Waals surface area contributed by atoms with Gasteiger partial charge >= 0.3 is 0 Å². The molecule has 10 heteroatoms. The van der Waals surface area contributed by atoms with Crippen LogP contribution in [0.2, 0.25) is 0 Å². The molecular weight excluding hydrogens is 404 g/mol. The van der Waals surface area contributed by atoms with Crippen molar-refractivity contribution >= 4 is 21.9 Å². The summed E-state index contributed by atoms with van der Waals surface area (Å²) in [6.07, 6.45) is 5.77. The maximum absolute atomic E-state index is 12.9. The fraction of sp³-hybridized carbons (Fsp3) is 0.350. The van der Waals surface area contributed by atoms with Crippen molar-refractivity contribution in [3.8, 4) is 0 Å². The lowest BCUT2D eigenvalue weighted by Crippen LogP contribution is -2.35. The second kappa shape index (κ2) is 8.41. The fourth-order valence-corrected chi connectivity index (χ4v) is 5.11. The van der Waals surface area contributed by atoms with E-state index in [0.717, 1.165) is 24.8 Å². The van der Waals surface area contributed by atoms with Crippen LogP contribution in [0.4, 0.5) is 5.95 Å². The lowest BCUT2D eigenvalue weighted by Gasteiger charge is -2.25. The second-order valence-electron chi connectivity index (χ2n) is 7.34. The summed E-state index contributed by atoms with van der Waals surface area (Å²) < 4.78 is 30.3. The Balaban J connectivity index is 1.47. The molecule has 4 rings (SSSR count). The molecule has 2 aromatic heterocycles. The number of rotatable bonds is 6. The van der Waals surface area contributed by atoms with Gasteiger partial charge in [0.1, 0.15) is 16.9 Å². The zero-order valence-corrected chi connectivity index (χ0v) is 17.5. The minimum atomic E-state index is -3.60. The lowest BCUT2D eigenvalue weighted by molar-refractivity contribution is 0.101. The van der Waals surface area contributed by atoms with Crippen molar-refractivity contribution in [2.24, 2.45) is 7.05 Å². The summed E-state index contributed by atoms with van der Waals surface area (Å²) in [6, 6.07) is 11.2. The second-order valence-corrected chi connectivity index (χ2v) is 9.28. The molecule has 0 atom stereocenters. The van der Waals surface area contributed by atoms with E-state index in [1.165, 1.54) is 21.1 Å². The number of sulfonamides is 1. The highest BCUT2D eigenvalue weighted by Gasteiger charge is 2.28. The van der Waals surface area contributed by atoms with Gasteiger partial charge in [0.25, 0.3) is 5.91 Å². The van der Waals surface area contributed by atoms with Crippen molar-refractivity contribution in [2.75, 3.05) is 18.4 Å². The Bertz CT molecular complexity index is 1130. The van der Waals surface area contributed by atoms with E-state index in [1.54, 1.807) is 18.1 Å². The van der Waals surface area contributed by atoms with Crippen molar-refractivity contribution in [2.45, 2.75) is 30.7 Å². The minimum absolute atomic E-state index is 0.125. The van der Waals surface area contributed by atoms with E-state index >= 15 is 0 Å². The predicted octanol–water partition coefficient (Wildman–Crippen LogP) is 2.09. The molecule has 0 spiro atoms. The molecule has 0 radical (unpaired) electrons. The number of nitrogens with one attached hydrogen (secondary N) is 1. The van der Waals surface area contributed by atoms with Crippen molar-refractivity contribution in [3.05, 3.63) is 60.2 Å². The molecule has 1 aromatic carbocycles. The Morgan fingerprint density at radius 1 is 1.13 bits per heavy atom. The zero-order valence-electron chi connectivity index (χ0n) is 16.7. The van der Waals surface area contributed by atoms with Gasteiger partial charge in [0.05, 0.1) is 6.54 Å². The number of nitrogens with zero attached hydrogens (tertiary/aromatic N) is 5. The van der Waals surface area contributed by atoms with Gasteiger partial charge in [0.15, 0.2) is 0 Å². The van der Waals surface area contributed by atoms with E-state index in [4.69, 9.17) is 0 Å². The third-order valence-electron chi connectivity index (χ3n) is 5.11. The lowest BCUT2D eigenvalue weighted by atomic mass is 10.2. The first-order chi connectivity index (χ1) is 14.4. The molecule has 1 saturated heterocycles. The molecule has 0 bridgehead atoms. The summed E-state index contributed by atoms with van der Waals surface area (Å²) in [7, 11) is -1.96. The zero-order chi connectivity index (χ0) is 21.1. The minimum Gasteiger partial charge on any atom is -0.345 e. The van der Waals surface area contributed by atoms with Crippen LogP contribution >= 0.6 is 0 Å². The maximum atomic E-state index is 12.9. The Labute approximate surface area is 175 Å². The van der Waals surface area contributed by atoms with Gasteiger partial charge in [0, 0.05) is 26.3 Å². The average Bonchev–Trinajstić information content (AvgIpc) is 3.36. The summed E-state index contributed by atoms with van der Waals surface area (Å²) in [5.41, 5.74) is 1.29. The Kier molecular flexibility index (Phi) is 5.69. The van der Waals surface area contributed by atoms with Crippen molar-refractivity contribution in [1.82, 2.24) is 23.6 Å².